The molecule has 0 saturated carbocycles. The van der Waals surface area contributed by atoms with Gasteiger partial charge in [-0.2, -0.15) is 10.1 Å². The molecule has 7 nitrogen and oxygen atoms in total. The van der Waals surface area contributed by atoms with E-state index in [0.29, 0.717) is 11.4 Å². The molecule has 0 aliphatic heterocycles. The summed E-state index contributed by atoms with van der Waals surface area (Å²) in [5.41, 5.74) is 1.19. The van der Waals surface area contributed by atoms with Crippen LogP contribution in [-0.2, 0) is 0 Å². The normalized spacial score (nSPS) is 12.0. The van der Waals surface area contributed by atoms with Crippen LogP contribution in [-0.4, -0.2) is 25.1 Å². The van der Waals surface area contributed by atoms with Gasteiger partial charge in [0.2, 0.25) is 11.9 Å². The molecule has 0 bridgehead atoms. The number of aromatic nitrogens is 5. The average Bonchev–Trinajstić information content (AvgIpc) is 3.33. The van der Waals surface area contributed by atoms with Gasteiger partial charge in [0.15, 0.2) is 5.82 Å². The van der Waals surface area contributed by atoms with Gasteiger partial charge in [0, 0.05) is 17.7 Å². The van der Waals surface area contributed by atoms with Gasteiger partial charge in [-0.3, -0.25) is 5.10 Å². The number of nitrogens with zero attached hydrogens (tertiary/aromatic N) is 4. The molecule has 3 N–H and O–H groups in total. The second-order valence-electron chi connectivity index (χ2n) is 5.93. The third kappa shape index (κ3) is 3.96. The molecule has 0 spiro atoms. The first-order valence-electron chi connectivity index (χ1n) is 8.35. The molecule has 0 aliphatic rings. The minimum absolute atomic E-state index is 0.253. The van der Waals surface area contributed by atoms with E-state index in [9.17, 15) is 8.78 Å². The number of anilines is 3. The topological polar surface area (TPSA) is 91.4 Å². The van der Waals surface area contributed by atoms with Crippen LogP contribution in [0.15, 0.2) is 48.1 Å². The van der Waals surface area contributed by atoms with Gasteiger partial charge in [-0.1, -0.05) is 12.1 Å². The molecule has 0 aliphatic carbocycles. The Labute approximate surface area is 162 Å². The highest BCUT2D eigenvalue weighted by Crippen LogP contribution is 2.25. The summed E-state index contributed by atoms with van der Waals surface area (Å²) in [6.45, 7) is 1.73. The Morgan fingerprint density at radius 1 is 1.11 bits per heavy atom. The summed E-state index contributed by atoms with van der Waals surface area (Å²) in [4.78, 5) is 13.4. The first-order valence-corrected chi connectivity index (χ1v) is 9.23. The van der Waals surface area contributed by atoms with Crippen molar-refractivity contribution in [1.82, 2.24) is 25.1 Å². The molecule has 0 radical (unpaired) electrons. The summed E-state index contributed by atoms with van der Waals surface area (Å²) < 4.78 is 27.0. The van der Waals surface area contributed by atoms with Gasteiger partial charge < -0.3 is 10.6 Å². The van der Waals surface area contributed by atoms with Crippen molar-refractivity contribution in [2.24, 2.45) is 0 Å². The van der Waals surface area contributed by atoms with Crippen LogP contribution in [0.1, 0.15) is 18.5 Å². The molecular formula is C18H15F2N7S. The monoisotopic (exact) mass is 399 g/mol. The number of thiophene rings is 1. The SMILES string of the molecule is CC(Nc1ncnc(Nc2cc(-c3cccs3)[nH]n2)n1)c1ccc(F)cc1F. The zero-order chi connectivity index (χ0) is 19.5. The van der Waals surface area contributed by atoms with E-state index >= 15 is 0 Å². The fourth-order valence-electron chi connectivity index (χ4n) is 2.61. The molecule has 1 unspecified atom stereocenters. The fraction of sp³-hybridized carbons (Fsp3) is 0.111. The highest BCUT2D eigenvalue weighted by molar-refractivity contribution is 7.13. The molecule has 142 valence electrons. The van der Waals surface area contributed by atoms with E-state index in [0.717, 1.165) is 16.6 Å². The third-order valence-electron chi connectivity index (χ3n) is 3.95. The highest BCUT2D eigenvalue weighted by Gasteiger charge is 2.14. The number of benzene rings is 1. The predicted octanol–water partition coefficient (Wildman–Crippen LogP) is 4.52. The molecule has 3 heterocycles. The number of aromatic amines is 1. The van der Waals surface area contributed by atoms with Gasteiger partial charge in [-0.25, -0.2) is 18.7 Å². The summed E-state index contributed by atoms with van der Waals surface area (Å²) in [5.74, 6) is -0.166. The number of hydrogen-bond donors (Lipinski definition) is 3. The van der Waals surface area contributed by atoms with Crippen molar-refractivity contribution in [3.05, 3.63) is 65.3 Å². The van der Waals surface area contributed by atoms with Crippen molar-refractivity contribution in [2.45, 2.75) is 13.0 Å². The summed E-state index contributed by atoms with van der Waals surface area (Å²) in [5, 5.41) is 15.1. The van der Waals surface area contributed by atoms with Gasteiger partial charge in [-0.15, -0.1) is 11.3 Å². The van der Waals surface area contributed by atoms with Gasteiger partial charge in [0.25, 0.3) is 0 Å². The zero-order valence-electron chi connectivity index (χ0n) is 14.6. The van der Waals surface area contributed by atoms with Crippen molar-refractivity contribution < 1.29 is 8.78 Å². The Hall–Kier alpha value is -3.40. The molecule has 28 heavy (non-hydrogen) atoms. The summed E-state index contributed by atoms with van der Waals surface area (Å²) in [6.07, 6.45) is 1.33. The number of halogens is 2. The maximum absolute atomic E-state index is 13.9. The maximum atomic E-state index is 13.9. The Morgan fingerprint density at radius 3 is 2.75 bits per heavy atom. The molecule has 0 amide bonds. The average molecular weight is 399 g/mol. The molecule has 0 fully saturated rings. The summed E-state index contributed by atoms with van der Waals surface area (Å²) in [6, 6.07) is 8.77. The Bertz CT molecular complexity index is 1080. The smallest absolute Gasteiger partial charge is 0.233 e. The van der Waals surface area contributed by atoms with Crippen molar-refractivity contribution in [1.29, 1.82) is 0 Å². The Morgan fingerprint density at radius 2 is 1.96 bits per heavy atom. The fourth-order valence-corrected chi connectivity index (χ4v) is 3.30. The molecule has 1 aromatic carbocycles. The Balaban J connectivity index is 1.47. The van der Waals surface area contributed by atoms with Crippen molar-refractivity contribution in [3.8, 4) is 10.6 Å². The lowest BCUT2D eigenvalue weighted by Gasteiger charge is -2.15. The third-order valence-corrected chi connectivity index (χ3v) is 4.85. The van der Waals surface area contributed by atoms with Crippen molar-refractivity contribution in [2.75, 3.05) is 10.6 Å². The van der Waals surface area contributed by atoms with E-state index in [1.807, 2.05) is 23.6 Å². The van der Waals surface area contributed by atoms with Crippen LogP contribution in [0.5, 0.6) is 0 Å². The maximum Gasteiger partial charge on any atom is 0.233 e. The number of nitrogens with one attached hydrogen (secondary N) is 3. The van der Waals surface area contributed by atoms with E-state index in [4.69, 9.17) is 0 Å². The highest BCUT2D eigenvalue weighted by atomic mass is 32.1. The van der Waals surface area contributed by atoms with Crippen LogP contribution in [0.3, 0.4) is 0 Å². The zero-order valence-corrected chi connectivity index (χ0v) is 15.5. The lowest BCUT2D eigenvalue weighted by Crippen LogP contribution is -2.12. The first kappa shape index (κ1) is 18.0. The van der Waals surface area contributed by atoms with Gasteiger partial charge >= 0.3 is 0 Å². The second-order valence-corrected chi connectivity index (χ2v) is 6.88. The van der Waals surface area contributed by atoms with Crippen LogP contribution in [0.2, 0.25) is 0 Å². The Kier molecular flexibility index (Phi) is 4.94. The van der Waals surface area contributed by atoms with Gasteiger partial charge in [0.1, 0.15) is 18.0 Å². The van der Waals surface area contributed by atoms with Gasteiger partial charge in [0.05, 0.1) is 16.6 Å². The number of hydrogen-bond acceptors (Lipinski definition) is 7. The standard InChI is InChI=1S/C18H15F2N7S/c1-10(12-5-4-11(19)7-13(12)20)23-17-21-9-22-18(25-17)24-16-8-14(26-27-16)15-3-2-6-28-15/h2-10H,1H3,(H3,21,22,23,24,25,26,27). The van der Waals surface area contributed by atoms with Crippen molar-refractivity contribution >= 4 is 29.1 Å². The molecule has 4 aromatic rings. The van der Waals surface area contributed by atoms with E-state index in [1.165, 1.54) is 18.5 Å². The molecule has 1 atom stereocenters. The summed E-state index contributed by atoms with van der Waals surface area (Å²) in [7, 11) is 0. The molecular weight excluding hydrogens is 384 g/mol. The van der Waals surface area contributed by atoms with E-state index in [2.05, 4.69) is 35.8 Å². The molecule has 0 saturated heterocycles. The van der Waals surface area contributed by atoms with Crippen molar-refractivity contribution in [3.63, 3.8) is 0 Å². The van der Waals surface area contributed by atoms with E-state index in [1.54, 1.807) is 18.3 Å². The summed E-state index contributed by atoms with van der Waals surface area (Å²) >= 11 is 1.60. The van der Waals surface area contributed by atoms with E-state index in [-0.39, 0.29) is 11.9 Å². The minimum Gasteiger partial charge on any atom is -0.347 e. The first-order chi connectivity index (χ1) is 13.6. The number of rotatable bonds is 6. The van der Waals surface area contributed by atoms with Crippen LogP contribution in [0, 0.1) is 11.6 Å². The molecule has 3 aromatic heterocycles. The van der Waals surface area contributed by atoms with Crippen LogP contribution < -0.4 is 10.6 Å². The van der Waals surface area contributed by atoms with E-state index < -0.39 is 17.7 Å². The molecule has 4 rings (SSSR count). The number of H-pyrrole nitrogens is 1. The largest absolute Gasteiger partial charge is 0.347 e. The van der Waals surface area contributed by atoms with Crippen LogP contribution in [0.25, 0.3) is 10.6 Å². The van der Waals surface area contributed by atoms with Crippen LogP contribution in [0.4, 0.5) is 26.5 Å². The quantitative estimate of drug-likeness (QED) is 0.442. The van der Waals surface area contributed by atoms with Gasteiger partial charge in [-0.05, 0) is 24.4 Å². The molecule has 10 heteroatoms. The lowest BCUT2D eigenvalue weighted by molar-refractivity contribution is 0.566. The van der Waals surface area contributed by atoms with Crippen LogP contribution >= 0.6 is 11.3 Å². The lowest BCUT2D eigenvalue weighted by atomic mass is 10.1. The second kappa shape index (κ2) is 7.69. The predicted molar refractivity (Wildman–Crippen MR) is 103 cm³/mol. The minimum atomic E-state index is -0.634.